The summed E-state index contributed by atoms with van der Waals surface area (Å²) in [6.07, 6.45) is 7.13. The summed E-state index contributed by atoms with van der Waals surface area (Å²) in [5, 5.41) is 2.11. The molecule has 0 unspecified atom stereocenters. The number of hydrogen-bond acceptors (Lipinski definition) is 9. The molecule has 11 heteroatoms. The van der Waals surface area contributed by atoms with Crippen molar-refractivity contribution in [3.63, 3.8) is 0 Å². The third-order valence-corrected chi connectivity index (χ3v) is 10.0. The SMILES string of the molecule is COC1=Cc2c(nc(Oc3ccc4[nH]c(C)cc4c3)nc2Oc2ccc3[nH]c(C)cc3c2)CC1(OCCN1CCCC1)OCCN1CCCC1. The predicted octanol–water partition coefficient (Wildman–Crippen LogP) is 7.11. The second-order valence-electron chi connectivity index (χ2n) is 13.7. The molecular formula is C39H46N6O5. The summed E-state index contributed by atoms with van der Waals surface area (Å²) in [5.74, 6) is 1.06. The lowest BCUT2D eigenvalue weighted by atomic mass is 9.96. The number of benzene rings is 2. The molecule has 2 aliphatic heterocycles. The largest absolute Gasteiger partial charge is 0.495 e. The van der Waals surface area contributed by atoms with Gasteiger partial charge >= 0.3 is 6.01 Å². The zero-order valence-electron chi connectivity index (χ0n) is 29.2. The maximum Gasteiger partial charge on any atom is 0.325 e. The van der Waals surface area contributed by atoms with Gasteiger partial charge in [0.2, 0.25) is 11.7 Å². The molecule has 0 saturated carbocycles. The monoisotopic (exact) mass is 678 g/mol. The van der Waals surface area contributed by atoms with Crippen LogP contribution in [-0.2, 0) is 20.6 Å². The first-order chi connectivity index (χ1) is 24.4. The number of nitrogens with zero attached hydrogens (tertiary/aromatic N) is 4. The van der Waals surface area contributed by atoms with E-state index in [1.54, 1.807) is 7.11 Å². The van der Waals surface area contributed by atoms with Gasteiger partial charge in [0.15, 0.2) is 5.76 Å². The molecule has 2 saturated heterocycles. The van der Waals surface area contributed by atoms with Crippen molar-refractivity contribution in [2.45, 2.75) is 51.7 Å². The highest BCUT2D eigenvalue weighted by atomic mass is 16.7. The van der Waals surface area contributed by atoms with Crippen LogP contribution < -0.4 is 9.47 Å². The highest BCUT2D eigenvalue weighted by molar-refractivity contribution is 5.82. The first-order valence-corrected chi connectivity index (χ1v) is 17.9. The summed E-state index contributed by atoms with van der Waals surface area (Å²) in [6, 6.07) is 16.2. The maximum atomic E-state index is 6.75. The van der Waals surface area contributed by atoms with Gasteiger partial charge in [0, 0.05) is 46.3 Å². The number of aromatic amines is 2. The lowest BCUT2D eigenvalue weighted by Gasteiger charge is -2.38. The van der Waals surface area contributed by atoms with Crippen LogP contribution in [0.5, 0.6) is 23.4 Å². The minimum absolute atomic E-state index is 0.182. The summed E-state index contributed by atoms with van der Waals surface area (Å²) in [7, 11) is 1.67. The van der Waals surface area contributed by atoms with E-state index in [1.165, 1.54) is 25.7 Å². The van der Waals surface area contributed by atoms with Gasteiger partial charge < -0.3 is 43.5 Å². The van der Waals surface area contributed by atoms with Gasteiger partial charge in [0.05, 0.1) is 38.0 Å². The smallest absolute Gasteiger partial charge is 0.325 e. The van der Waals surface area contributed by atoms with E-state index in [4.69, 9.17) is 33.7 Å². The molecule has 0 amide bonds. The molecule has 0 bridgehead atoms. The molecule has 1 aliphatic carbocycles. The number of hydrogen-bond donors (Lipinski definition) is 2. The Hall–Kier alpha value is -4.42. The zero-order chi connectivity index (χ0) is 34.1. The van der Waals surface area contributed by atoms with Crippen molar-refractivity contribution in [3.8, 4) is 23.4 Å². The minimum atomic E-state index is -1.16. The second kappa shape index (κ2) is 14.1. The van der Waals surface area contributed by atoms with E-state index in [0.717, 1.165) is 72.5 Å². The maximum absolute atomic E-state index is 6.75. The number of nitrogens with one attached hydrogen (secondary N) is 2. The average Bonchev–Trinajstić information content (AvgIpc) is 3.92. The van der Waals surface area contributed by atoms with Crippen LogP contribution >= 0.6 is 0 Å². The van der Waals surface area contributed by atoms with E-state index in [9.17, 15) is 0 Å². The van der Waals surface area contributed by atoms with Gasteiger partial charge in [-0.3, -0.25) is 0 Å². The van der Waals surface area contributed by atoms with Gasteiger partial charge in [0.1, 0.15) is 11.5 Å². The molecule has 2 aromatic carbocycles. The summed E-state index contributed by atoms with van der Waals surface area (Å²) < 4.78 is 32.5. The number of ether oxygens (including phenoxy) is 5. The predicted molar refractivity (Wildman–Crippen MR) is 193 cm³/mol. The van der Waals surface area contributed by atoms with Gasteiger partial charge in [-0.05, 0) is 120 Å². The van der Waals surface area contributed by atoms with E-state index >= 15 is 0 Å². The Morgan fingerprint density at radius 3 is 1.84 bits per heavy atom. The van der Waals surface area contributed by atoms with Gasteiger partial charge in [-0.15, -0.1) is 0 Å². The summed E-state index contributed by atoms with van der Waals surface area (Å²) in [6.45, 7) is 11.1. The molecule has 262 valence electrons. The molecule has 2 N–H and O–H groups in total. The third kappa shape index (κ3) is 6.96. The number of fused-ring (bicyclic) bond motifs is 3. The molecule has 0 atom stereocenters. The lowest BCUT2D eigenvalue weighted by Crippen LogP contribution is -2.46. The Morgan fingerprint density at radius 1 is 0.720 bits per heavy atom. The average molecular weight is 679 g/mol. The van der Waals surface area contributed by atoms with E-state index in [2.05, 4.69) is 31.9 Å². The number of rotatable bonds is 13. The van der Waals surface area contributed by atoms with Crippen molar-refractivity contribution in [1.29, 1.82) is 0 Å². The second-order valence-corrected chi connectivity index (χ2v) is 13.7. The fourth-order valence-corrected chi connectivity index (χ4v) is 7.47. The summed E-state index contributed by atoms with van der Waals surface area (Å²) in [4.78, 5) is 21.4. The number of aryl methyl sites for hydroxylation is 2. The molecule has 8 rings (SSSR count). The molecule has 5 aromatic rings. The molecule has 3 aromatic heterocycles. The number of likely N-dealkylation sites (tertiary alicyclic amines) is 2. The van der Waals surface area contributed by atoms with Crippen LogP contribution in [0.4, 0.5) is 0 Å². The van der Waals surface area contributed by atoms with Crippen molar-refractivity contribution in [2.24, 2.45) is 0 Å². The van der Waals surface area contributed by atoms with Crippen molar-refractivity contribution in [2.75, 3.05) is 59.6 Å². The zero-order valence-corrected chi connectivity index (χ0v) is 29.2. The van der Waals surface area contributed by atoms with E-state index in [-0.39, 0.29) is 6.01 Å². The highest BCUT2D eigenvalue weighted by Gasteiger charge is 2.44. The normalized spacial score (nSPS) is 17.8. The minimum Gasteiger partial charge on any atom is -0.495 e. The summed E-state index contributed by atoms with van der Waals surface area (Å²) >= 11 is 0. The first kappa shape index (κ1) is 32.8. The third-order valence-electron chi connectivity index (χ3n) is 10.0. The van der Waals surface area contributed by atoms with Crippen molar-refractivity contribution in [3.05, 3.63) is 76.9 Å². The van der Waals surface area contributed by atoms with Gasteiger partial charge in [0.25, 0.3) is 0 Å². The topological polar surface area (TPSA) is 110 Å². The molecular weight excluding hydrogens is 632 g/mol. The standard InChI is InChI=1S/C39H46N6O5/c1-26-20-28-22-30(8-10-33(28)40-26)49-37-32-24-36(46-3)39(47-18-16-44-12-4-5-13-44,48-19-17-45-14-6-7-15-45)25-35(32)42-38(43-37)50-31-9-11-34-29(23-31)21-27(2)41-34/h8-11,20-24,40-41H,4-7,12-19,25H2,1-3H3. The molecule has 3 aliphatic rings. The molecule has 5 heterocycles. The van der Waals surface area contributed by atoms with Crippen molar-refractivity contribution in [1.82, 2.24) is 29.7 Å². The van der Waals surface area contributed by atoms with Crippen molar-refractivity contribution < 1.29 is 23.7 Å². The van der Waals surface area contributed by atoms with Crippen LogP contribution in [0.1, 0.15) is 48.3 Å². The van der Waals surface area contributed by atoms with Gasteiger partial charge in [-0.2, -0.15) is 9.97 Å². The van der Waals surface area contributed by atoms with Crippen LogP contribution in [0.25, 0.3) is 27.9 Å². The Bertz CT molecular complexity index is 1980. The molecule has 0 radical (unpaired) electrons. The summed E-state index contributed by atoms with van der Waals surface area (Å²) in [5.41, 5.74) is 5.66. The molecule has 2 fully saturated rings. The Labute approximate surface area is 292 Å². The lowest BCUT2D eigenvalue weighted by molar-refractivity contribution is -0.232. The number of aromatic nitrogens is 4. The van der Waals surface area contributed by atoms with E-state index < -0.39 is 5.79 Å². The first-order valence-electron chi connectivity index (χ1n) is 17.9. The fourth-order valence-electron chi connectivity index (χ4n) is 7.47. The van der Waals surface area contributed by atoms with Gasteiger partial charge in [-0.1, -0.05) is 0 Å². The van der Waals surface area contributed by atoms with Crippen LogP contribution in [0.15, 0.2) is 54.3 Å². The Morgan fingerprint density at radius 2 is 1.28 bits per heavy atom. The van der Waals surface area contributed by atoms with Crippen LogP contribution in [-0.4, -0.2) is 95.1 Å². The van der Waals surface area contributed by atoms with Crippen LogP contribution in [0.3, 0.4) is 0 Å². The highest BCUT2D eigenvalue weighted by Crippen LogP contribution is 2.41. The number of H-pyrrole nitrogens is 2. The number of methoxy groups -OCH3 is 1. The Kier molecular flexibility index (Phi) is 9.22. The fraction of sp³-hybridized carbons (Fsp3) is 0.436. The van der Waals surface area contributed by atoms with E-state index in [0.29, 0.717) is 54.0 Å². The molecule has 11 nitrogen and oxygen atoms in total. The molecule has 50 heavy (non-hydrogen) atoms. The van der Waals surface area contributed by atoms with Crippen LogP contribution in [0.2, 0.25) is 0 Å². The van der Waals surface area contributed by atoms with Gasteiger partial charge in [-0.25, -0.2) is 0 Å². The van der Waals surface area contributed by atoms with E-state index in [1.807, 2.05) is 56.3 Å². The quantitative estimate of drug-likeness (QED) is 0.126. The van der Waals surface area contributed by atoms with Crippen LogP contribution in [0, 0.1) is 13.8 Å². The Balaban J connectivity index is 1.15. The van der Waals surface area contributed by atoms with Crippen molar-refractivity contribution >= 4 is 27.9 Å². The molecule has 0 spiro atoms.